The molecule has 1 fully saturated rings. The van der Waals surface area contributed by atoms with Crippen LogP contribution < -0.4 is 0 Å². The van der Waals surface area contributed by atoms with Crippen LogP contribution in [0.1, 0.15) is 44.7 Å². The summed E-state index contributed by atoms with van der Waals surface area (Å²) in [5.74, 6) is -0.813. The summed E-state index contributed by atoms with van der Waals surface area (Å²) < 4.78 is 0. The quantitative estimate of drug-likeness (QED) is 0.864. The maximum absolute atomic E-state index is 11.4. The van der Waals surface area contributed by atoms with E-state index in [-0.39, 0.29) is 11.2 Å². The van der Waals surface area contributed by atoms with Gasteiger partial charge in [-0.1, -0.05) is 32.4 Å². The van der Waals surface area contributed by atoms with Gasteiger partial charge >= 0.3 is 5.97 Å². The lowest BCUT2D eigenvalue weighted by Gasteiger charge is -2.24. The summed E-state index contributed by atoms with van der Waals surface area (Å²) in [7, 11) is 0. The van der Waals surface area contributed by atoms with Crippen molar-refractivity contribution >= 4 is 17.6 Å². The molecule has 0 amide bonds. The molecule has 1 aliphatic rings. The third kappa shape index (κ3) is 1.97. The highest BCUT2D eigenvalue weighted by Crippen LogP contribution is 2.53. The lowest BCUT2D eigenvalue weighted by Crippen LogP contribution is -2.21. The zero-order chi connectivity index (χ0) is 13.7. The normalized spacial score (nSPS) is 17.6. The van der Waals surface area contributed by atoms with E-state index in [4.69, 9.17) is 11.6 Å². The molecular formula is C14H17ClO3. The highest BCUT2D eigenvalue weighted by atomic mass is 35.5. The molecule has 0 saturated heterocycles. The van der Waals surface area contributed by atoms with Gasteiger partial charge in [-0.15, -0.1) is 0 Å². The Kier molecular flexibility index (Phi) is 2.85. The molecule has 18 heavy (non-hydrogen) atoms. The summed E-state index contributed by atoms with van der Waals surface area (Å²) in [6.07, 6.45) is 1.11. The number of phenolic OH excluding ortho intramolecular Hbond substituents is 1. The maximum Gasteiger partial charge on any atom is 0.314 e. The Bertz CT molecular complexity index is 511. The first-order valence-electron chi connectivity index (χ1n) is 5.95. The van der Waals surface area contributed by atoms with Crippen molar-refractivity contribution < 1.29 is 15.0 Å². The van der Waals surface area contributed by atoms with Crippen molar-refractivity contribution in [2.24, 2.45) is 0 Å². The molecule has 2 rings (SSSR count). The maximum atomic E-state index is 11.4. The second kappa shape index (κ2) is 3.89. The predicted molar refractivity (Wildman–Crippen MR) is 70.4 cm³/mol. The largest absolute Gasteiger partial charge is 0.507 e. The van der Waals surface area contributed by atoms with E-state index in [1.807, 2.05) is 20.8 Å². The van der Waals surface area contributed by atoms with Gasteiger partial charge in [-0.3, -0.25) is 4.79 Å². The van der Waals surface area contributed by atoms with Crippen molar-refractivity contribution in [3.05, 3.63) is 28.3 Å². The number of hydrogen-bond donors (Lipinski definition) is 2. The summed E-state index contributed by atoms with van der Waals surface area (Å²) in [4.78, 5) is 11.4. The van der Waals surface area contributed by atoms with Crippen LogP contribution in [-0.2, 0) is 15.6 Å². The first-order valence-corrected chi connectivity index (χ1v) is 6.33. The van der Waals surface area contributed by atoms with Crippen molar-refractivity contribution in [2.45, 2.75) is 44.4 Å². The first kappa shape index (κ1) is 13.2. The van der Waals surface area contributed by atoms with Crippen molar-refractivity contribution in [3.63, 3.8) is 0 Å². The zero-order valence-corrected chi connectivity index (χ0v) is 11.5. The molecule has 0 aliphatic heterocycles. The minimum Gasteiger partial charge on any atom is -0.507 e. The Morgan fingerprint density at radius 1 is 1.33 bits per heavy atom. The fourth-order valence-electron chi connectivity index (χ4n) is 2.26. The molecule has 1 saturated carbocycles. The number of rotatable bonds is 2. The van der Waals surface area contributed by atoms with Gasteiger partial charge in [0.25, 0.3) is 0 Å². The first-order chi connectivity index (χ1) is 8.18. The molecule has 3 nitrogen and oxygen atoms in total. The average Bonchev–Trinajstić information content (AvgIpc) is 3.00. The number of phenols is 1. The third-order valence-corrected chi connectivity index (χ3v) is 3.78. The van der Waals surface area contributed by atoms with Crippen LogP contribution in [0.3, 0.4) is 0 Å². The van der Waals surface area contributed by atoms with Crippen LogP contribution in [0.2, 0.25) is 5.02 Å². The Balaban J connectivity index is 2.64. The highest BCUT2D eigenvalue weighted by Gasteiger charge is 2.53. The van der Waals surface area contributed by atoms with Crippen molar-refractivity contribution in [3.8, 4) is 5.75 Å². The van der Waals surface area contributed by atoms with Gasteiger partial charge in [-0.05, 0) is 30.4 Å². The van der Waals surface area contributed by atoms with Gasteiger partial charge in [0.05, 0.1) is 5.41 Å². The monoisotopic (exact) mass is 268 g/mol. The smallest absolute Gasteiger partial charge is 0.314 e. The van der Waals surface area contributed by atoms with E-state index >= 15 is 0 Å². The van der Waals surface area contributed by atoms with E-state index in [1.54, 1.807) is 12.1 Å². The predicted octanol–water partition coefficient (Wildman–Crippen LogP) is 3.46. The standard InChI is InChI=1S/C14H17ClO3/c1-13(2,3)9-6-8(15)7-10(11(9)16)14(4-5-14)12(17)18/h6-7,16H,4-5H2,1-3H3,(H,17,18). The molecule has 0 spiro atoms. The molecule has 2 N–H and O–H groups in total. The molecule has 98 valence electrons. The van der Waals surface area contributed by atoms with E-state index in [0.29, 0.717) is 29.0 Å². The molecule has 1 aromatic rings. The van der Waals surface area contributed by atoms with Crippen molar-refractivity contribution in [2.75, 3.05) is 0 Å². The average molecular weight is 269 g/mol. The van der Waals surface area contributed by atoms with Crippen LogP contribution >= 0.6 is 11.6 Å². The third-order valence-electron chi connectivity index (χ3n) is 3.56. The van der Waals surface area contributed by atoms with Crippen LogP contribution in [0.15, 0.2) is 12.1 Å². The number of carboxylic acid groups (broad SMARTS) is 1. The topological polar surface area (TPSA) is 57.5 Å². The fraction of sp³-hybridized carbons (Fsp3) is 0.500. The minimum absolute atomic E-state index is 0.0757. The van der Waals surface area contributed by atoms with Gasteiger partial charge < -0.3 is 10.2 Å². The van der Waals surface area contributed by atoms with E-state index in [0.717, 1.165) is 0 Å². The fourth-order valence-corrected chi connectivity index (χ4v) is 2.48. The second-order valence-electron chi connectivity index (χ2n) is 5.99. The second-order valence-corrected chi connectivity index (χ2v) is 6.42. The number of hydrogen-bond acceptors (Lipinski definition) is 2. The molecule has 0 aromatic heterocycles. The number of aliphatic carboxylic acids is 1. The lowest BCUT2D eigenvalue weighted by molar-refractivity contribution is -0.140. The molecular weight excluding hydrogens is 252 g/mol. The van der Waals surface area contributed by atoms with Gasteiger partial charge in [0.15, 0.2) is 0 Å². The molecule has 0 unspecified atom stereocenters. The van der Waals surface area contributed by atoms with Gasteiger partial charge in [-0.25, -0.2) is 0 Å². The van der Waals surface area contributed by atoms with E-state index in [1.165, 1.54) is 0 Å². The number of carboxylic acids is 1. The summed E-state index contributed by atoms with van der Waals surface area (Å²) in [6.45, 7) is 5.88. The molecule has 0 atom stereocenters. The summed E-state index contributed by atoms with van der Waals surface area (Å²) in [5.41, 5.74) is -0.0715. The highest BCUT2D eigenvalue weighted by molar-refractivity contribution is 6.30. The Labute approximate surface area is 111 Å². The SMILES string of the molecule is CC(C)(C)c1cc(Cl)cc(C2(C(=O)O)CC2)c1O. The number of aromatic hydroxyl groups is 1. The molecule has 0 bridgehead atoms. The van der Waals surface area contributed by atoms with Crippen molar-refractivity contribution in [1.82, 2.24) is 0 Å². The molecule has 1 aliphatic carbocycles. The van der Waals surface area contributed by atoms with Gasteiger partial charge in [0.1, 0.15) is 5.75 Å². The number of halogens is 1. The Morgan fingerprint density at radius 2 is 1.89 bits per heavy atom. The molecule has 0 radical (unpaired) electrons. The minimum atomic E-state index is -0.936. The van der Waals surface area contributed by atoms with E-state index in [9.17, 15) is 15.0 Å². The number of carbonyl (C=O) groups is 1. The Morgan fingerprint density at radius 3 is 2.28 bits per heavy atom. The van der Waals surface area contributed by atoms with Crippen LogP contribution in [0.4, 0.5) is 0 Å². The summed E-state index contributed by atoms with van der Waals surface area (Å²) in [5, 5.41) is 20.1. The Hall–Kier alpha value is -1.22. The van der Waals surface area contributed by atoms with Crippen LogP contribution in [0.25, 0.3) is 0 Å². The number of benzene rings is 1. The summed E-state index contributed by atoms with van der Waals surface area (Å²) >= 11 is 6.06. The van der Waals surface area contributed by atoms with Crippen LogP contribution in [-0.4, -0.2) is 16.2 Å². The molecule has 0 heterocycles. The molecule has 1 aromatic carbocycles. The summed E-state index contributed by atoms with van der Waals surface area (Å²) in [6, 6.07) is 3.28. The molecule has 4 heteroatoms. The van der Waals surface area contributed by atoms with Crippen molar-refractivity contribution in [1.29, 1.82) is 0 Å². The van der Waals surface area contributed by atoms with Crippen LogP contribution in [0, 0.1) is 0 Å². The lowest BCUT2D eigenvalue weighted by atomic mass is 9.82. The zero-order valence-electron chi connectivity index (χ0n) is 10.7. The van der Waals surface area contributed by atoms with Gasteiger partial charge in [0.2, 0.25) is 0 Å². The van der Waals surface area contributed by atoms with E-state index in [2.05, 4.69) is 0 Å². The van der Waals surface area contributed by atoms with Crippen LogP contribution in [0.5, 0.6) is 5.75 Å². The van der Waals surface area contributed by atoms with Gasteiger partial charge in [0, 0.05) is 16.1 Å². The van der Waals surface area contributed by atoms with E-state index < -0.39 is 11.4 Å². The van der Waals surface area contributed by atoms with Gasteiger partial charge in [-0.2, -0.15) is 0 Å².